The predicted octanol–water partition coefficient (Wildman–Crippen LogP) is 1.27. The molecule has 0 amide bonds. The van der Waals surface area contributed by atoms with Crippen molar-refractivity contribution in [1.82, 2.24) is 9.78 Å². The van der Waals surface area contributed by atoms with Gasteiger partial charge in [0.15, 0.2) is 11.9 Å². The van der Waals surface area contributed by atoms with E-state index in [-0.39, 0.29) is 34.6 Å². The lowest BCUT2D eigenvalue weighted by Crippen LogP contribution is -3.00. The van der Waals surface area contributed by atoms with Crippen LogP contribution in [-0.4, -0.2) is 14.7 Å². The van der Waals surface area contributed by atoms with Gasteiger partial charge in [-0.25, -0.2) is 4.68 Å². The summed E-state index contributed by atoms with van der Waals surface area (Å²) in [4.78, 5) is 10.6. The van der Waals surface area contributed by atoms with Crippen LogP contribution in [0.4, 0.5) is 5.69 Å². The maximum Gasteiger partial charge on any atom is 0.269 e. The summed E-state index contributed by atoms with van der Waals surface area (Å²) in [6, 6.07) is 22.7. The summed E-state index contributed by atoms with van der Waals surface area (Å²) in [5, 5.41) is 15.8. The smallest absolute Gasteiger partial charge is 0.269 e. The first-order valence-electron chi connectivity index (χ1n) is 9.26. The third-order valence-corrected chi connectivity index (χ3v) is 5.08. The monoisotopic (exact) mass is 508 g/mol. The van der Waals surface area contributed by atoms with Crippen molar-refractivity contribution in [3.05, 3.63) is 112 Å². The number of nitrogens with zero attached hydrogens (tertiary/aromatic N) is 4. The fourth-order valence-electron chi connectivity index (χ4n) is 3.79. The molecule has 6 nitrogen and oxygen atoms in total. The zero-order valence-electron chi connectivity index (χ0n) is 16.1. The molecule has 4 aromatic rings. The highest BCUT2D eigenvalue weighted by molar-refractivity contribution is 5.93. The zero-order chi connectivity index (χ0) is 20.0. The van der Waals surface area contributed by atoms with Crippen molar-refractivity contribution in [1.29, 1.82) is 0 Å². The lowest BCUT2D eigenvalue weighted by Gasteiger charge is -2.05. The predicted molar refractivity (Wildman–Crippen MR) is 110 cm³/mol. The number of hydrogen-bond acceptors (Lipinski definition) is 3. The second-order valence-electron chi connectivity index (χ2n) is 6.89. The molecule has 148 valence electrons. The largest absolute Gasteiger partial charge is 1.00 e. The minimum atomic E-state index is -0.385. The SMILES string of the molecule is Cc1nn(-c2ccccc2)c2c1-[n+]1ccccc1C2=Cc1ccc([N+](=O)[O-])cc1.[I-]. The molecule has 3 heterocycles. The van der Waals surface area contributed by atoms with Crippen molar-refractivity contribution in [3.63, 3.8) is 0 Å². The second-order valence-corrected chi connectivity index (χ2v) is 6.89. The topological polar surface area (TPSA) is 64.8 Å². The Morgan fingerprint density at radius 2 is 1.70 bits per heavy atom. The van der Waals surface area contributed by atoms with Crippen LogP contribution in [0.2, 0.25) is 0 Å². The molecular formula is C23H17IN4O2. The van der Waals surface area contributed by atoms with Gasteiger partial charge in [0.05, 0.1) is 16.2 Å². The van der Waals surface area contributed by atoms with E-state index in [1.165, 1.54) is 12.1 Å². The van der Waals surface area contributed by atoms with Crippen molar-refractivity contribution >= 4 is 17.3 Å². The average Bonchev–Trinajstić information content (AvgIpc) is 3.25. The van der Waals surface area contributed by atoms with Crippen LogP contribution < -0.4 is 28.5 Å². The molecule has 2 aromatic heterocycles. The Morgan fingerprint density at radius 1 is 1.00 bits per heavy atom. The highest BCUT2D eigenvalue weighted by atomic mass is 127. The summed E-state index contributed by atoms with van der Waals surface area (Å²) < 4.78 is 4.11. The molecule has 0 radical (unpaired) electrons. The molecular weight excluding hydrogens is 491 g/mol. The molecule has 2 aromatic carbocycles. The van der Waals surface area contributed by atoms with Crippen LogP contribution in [0.3, 0.4) is 0 Å². The Balaban J connectivity index is 0.00000218. The summed E-state index contributed by atoms with van der Waals surface area (Å²) in [7, 11) is 0. The van der Waals surface area contributed by atoms with E-state index in [0.717, 1.165) is 39.6 Å². The molecule has 0 bridgehead atoms. The Kier molecular flexibility index (Phi) is 5.21. The van der Waals surface area contributed by atoms with E-state index in [9.17, 15) is 10.1 Å². The van der Waals surface area contributed by atoms with Crippen LogP contribution in [0.15, 0.2) is 79.0 Å². The van der Waals surface area contributed by atoms with Crippen molar-refractivity contribution in [2.24, 2.45) is 0 Å². The Hall–Kier alpha value is -3.33. The molecule has 0 saturated carbocycles. The van der Waals surface area contributed by atoms with Crippen LogP contribution in [0.1, 0.15) is 22.6 Å². The number of nitro groups is 1. The van der Waals surface area contributed by atoms with E-state index in [1.807, 2.05) is 60.3 Å². The molecule has 1 aliphatic heterocycles. The van der Waals surface area contributed by atoms with E-state index < -0.39 is 0 Å². The second kappa shape index (κ2) is 7.83. The first-order chi connectivity index (χ1) is 14.1. The van der Waals surface area contributed by atoms with Gasteiger partial charge in [-0.05, 0) is 48.9 Å². The van der Waals surface area contributed by atoms with Gasteiger partial charge in [-0.15, -0.1) is 0 Å². The van der Waals surface area contributed by atoms with Crippen LogP contribution in [0.25, 0.3) is 23.0 Å². The first-order valence-corrected chi connectivity index (χ1v) is 9.26. The van der Waals surface area contributed by atoms with Crippen molar-refractivity contribution in [3.8, 4) is 11.4 Å². The molecule has 0 atom stereocenters. The summed E-state index contributed by atoms with van der Waals surface area (Å²) >= 11 is 0. The van der Waals surface area contributed by atoms with Crippen LogP contribution in [0, 0.1) is 17.0 Å². The van der Waals surface area contributed by atoms with Gasteiger partial charge in [-0.3, -0.25) is 10.1 Å². The first kappa shape index (κ1) is 20.0. The summed E-state index contributed by atoms with van der Waals surface area (Å²) in [6.07, 6.45) is 4.09. The zero-order valence-corrected chi connectivity index (χ0v) is 18.2. The number of aromatic nitrogens is 3. The van der Waals surface area contributed by atoms with E-state index in [2.05, 4.69) is 16.7 Å². The van der Waals surface area contributed by atoms with Gasteiger partial charge in [0.1, 0.15) is 5.69 Å². The third kappa shape index (κ3) is 3.21. The number of fused-ring (bicyclic) bond motifs is 3. The number of non-ortho nitro benzene ring substituents is 1. The van der Waals surface area contributed by atoms with Crippen molar-refractivity contribution < 1.29 is 33.5 Å². The molecule has 0 spiro atoms. The summed E-state index contributed by atoms with van der Waals surface area (Å²) in [5.41, 5.74) is 7.06. The number of aryl methyl sites for hydroxylation is 1. The number of benzene rings is 2. The van der Waals surface area contributed by atoms with Gasteiger partial charge < -0.3 is 24.0 Å². The van der Waals surface area contributed by atoms with Gasteiger partial charge in [0, 0.05) is 24.3 Å². The van der Waals surface area contributed by atoms with Gasteiger partial charge in [-0.1, -0.05) is 18.2 Å². The van der Waals surface area contributed by atoms with Crippen LogP contribution in [-0.2, 0) is 0 Å². The molecule has 0 saturated heterocycles. The molecule has 0 fully saturated rings. The van der Waals surface area contributed by atoms with Crippen molar-refractivity contribution in [2.75, 3.05) is 0 Å². The Bertz CT molecular complexity index is 1280. The molecule has 0 unspecified atom stereocenters. The normalized spacial score (nSPS) is 12.9. The highest BCUT2D eigenvalue weighted by Crippen LogP contribution is 2.36. The van der Waals surface area contributed by atoms with E-state index in [1.54, 1.807) is 12.1 Å². The quantitative estimate of drug-likeness (QED) is 0.160. The fourth-order valence-corrected chi connectivity index (χ4v) is 3.79. The molecule has 5 rings (SSSR count). The fraction of sp³-hybridized carbons (Fsp3) is 0.0435. The van der Waals surface area contributed by atoms with Gasteiger partial charge in [0.2, 0.25) is 5.69 Å². The number of hydrogen-bond donors (Lipinski definition) is 0. The number of pyridine rings is 1. The number of nitro benzene ring substituents is 1. The maximum atomic E-state index is 11.0. The molecule has 0 aliphatic carbocycles. The van der Waals surface area contributed by atoms with E-state index >= 15 is 0 Å². The maximum absolute atomic E-state index is 11.0. The average molecular weight is 508 g/mol. The number of para-hydroxylation sites is 1. The minimum absolute atomic E-state index is 0. The Morgan fingerprint density at radius 3 is 2.40 bits per heavy atom. The standard InChI is InChI=1S/C23H17N4O2.HI/c1-16-22-23(26(24-16)18-7-3-2-4-8-18)20(21-9-5-6-14-25(21)22)15-17-10-12-19(13-11-17)27(28)29;/h2-15H,1H3;1H/q+1;/p-1. The minimum Gasteiger partial charge on any atom is -1.00 e. The van der Waals surface area contributed by atoms with Crippen molar-refractivity contribution in [2.45, 2.75) is 6.92 Å². The van der Waals surface area contributed by atoms with Crippen LogP contribution in [0.5, 0.6) is 0 Å². The highest BCUT2D eigenvalue weighted by Gasteiger charge is 2.38. The summed E-state index contributed by atoms with van der Waals surface area (Å²) in [6.45, 7) is 2.01. The molecule has 30 heavy (non-hydrogen) atoms. The lowest BCUT2D eigenvalue weighted by molar-refractivity contribution is -0.594. The molecule has 0 N–H and O–H groups in total. The summed E-state index contributed by atoms with van der Waals surface area (Å²) in [5.74, 6) is 0. The lowest BCUT2D eigenvalue weighted by atomic mass is 10.1. The van der Waals surface area contributed by atoms with E-state index in [0.29, 0.717) is 0 Å². The number of rotatable bonds is 3. The van der Waals surface area contributed by atoms with Gasteiger partial charge >= 0.3 is 0 Å². The van der Waals surface area contributed by atoms with Gasteiger partial charge in [0.25, 0.3) is 11.4 Å². The molecule has 7 heteroatoms. The Labute approximate surface area is 190 Å². The van der Waals surface area contributed by atoms with Crippen LogP contribution >= 0.6 is 0 Å². The van der Waals surface area contributed by atoms with E-state index in [4.69, 9.17) is 5.10 Å². The third-order valence-electron chi connectivity index (χ3n) is 5.08. The number of halogens is 1. The molecule has 1 aliphatic rings. The van der Waals surface area contributed by atoms with Gasteiger partial charge in [-0.2, -0.15) is 9.67 Å².